The molecular formula is C37H50N2O8. The van der Waals surface area contributed by atoms with E-state index in [1.807, 2.05) is 31.2 Å². The van der Waals surface area contributed by atoms with E-state index < -0.39 is 30.1 Å². The Morgan fingerprint density at radius 2 is 1.85 bits per heavy atom. The number of nitrogens with zero attached hydrogens (tertiary/aromatic N) is 1. The van der Waals surface area contributed by atoms with Crippen LogP contribution in [0.1, 0.15) is 68.2 Å². The standard InChI is InChI=1S/C37H50N2O8/c1-21(2)26-11-8-23(4)14-30(26)46-20-32(42)39(18-24-9-6-22(3)7-10-24)29-17-28(37(44)38-12-13-40)33-27-15-25(19-41)16-31(45-5)35(27)47-36(33)34(29)43/h6-7,9-10,15-17,21,23,26,29-30,33-34,36,40-41,43H,8,11-14,18-20H2,1-5H3,(H,38,44). The van der Waals surface area contributed by atoms with Crippen molar-refractivity contribution >= 4 is 11.8 Å². The summed E-state index contributed by atoms with van der Waals surface area (Å²) in [6.45, 7) is 8.17. The highest BCUT2D eigenvalue weighted by Gasteiger charge is 2.51. The Morgan fingerprint density at radius 3 is 2.51 bits per heavy atom. The minimum Gasteiger partial charge on any atom is -0.493 e. The maximum Gasteiger partial charge on any atom is 0.249 e. The molecule has 47 heavy (non-hydrogen) atoms. The predicted octanol–water partition coefficient (Wildman–Crippen LogP) is 3.62. The van der Waals surface area contributed by atoms with E-state index in [1.165, 1.54) is 7.11 Å². The van der Waals surface area contributed by atoms with Crippen LogP contribution in [0.4, 0.5) is 0 Å². The second-order valence-corrected chi connectivity index (χ2v) is 13.7. The summed E-state index contributed by atoms with van der Waals surface area (Å²) in [6, 6.07) is 10.3. The highest BCUT2D eigenvalue weighted by Crippen LogP contribution is 2.51. The van der Waals surface area contributed by atoms with Crippen molar-refractivity contribution < 1.29 is 39.1 Å². The van der Waals surface area contributed by atoms with E-state index in [9.17, 15) is 24.9 Å². The molecule has 10 heteroatoms. The Bertz CT molecular complexity index is 1440. The molecule has 0 aromatic heterocycles. The number of aryl methyl sites for hydroxylation is 1. The maximum atomic E-state index is 14.2. The van der Waals surface area contributed by atoms with Crippen molar-refractivity contribution in [1.82, 2.24) is 10.2 Å². The summed E-state index contributed by atoms with van der Waals surface area (Å²) < 4.78 is 18.3. The number of hydrogen-bond acceptors (Lipinski definition) is 8. The van der Waals surface area contributed by atoms with Crippen molar-refractivity contribution in [3.63, 3.8) is 0 Å². The third kappa shape index (κ3) is 7.51. The van der Waals surface area contributed by atoms with Gasteiger partial charge in [-0.15, -0.1) is 0 Å². The molecule has 5 rings (SSSR count). The van der Waals surface area contributed by atoms with E-state index in [-0.39, 0.29) is 44.9 Å². The first-order valence-corrected chi connectivity index (χ1v) is 16.8. The van der Waals surface area contributed by atoms with Crippen molar-refractivity contribution in [2.24, 2.45) is 17.8 Å². The molecule has 1 aliphatic heterocycles. The van der Waals surface area contributed by atoms with Crippen LogP contribution in [0.2, 0.25) is 0 Å². The number of hydrogen-bond donors (Lipinski definition) is 4. The first-order valence-electron chi connectivity index (χ1n) is 16.8. The topological polar surface area (TPSA) is 138 Å². The Kier molecular flexibility index (Phi) is 11.3. The summed E-state index contributed by atoms with van der Waals surface area (Å²) in [5.74, 6) is 0.624. The summed E-state index contributed by atoms with van der Waals surface area (Å²) in [5.41, 5.74) is 3.43. The maximum absolute atomic E-state index is 14.2. The molecule has 0 bridgehead atoms. The smallest absolute Gasteiger partial charge is 0.249 e. The number of aliphatic hydroxyl groups excluding tert-OH is 3. The lowest BCUT2D eigenvalue weighted by Crippen LogP contribution is -2.56. The molecule has 2 amide bonds. The van der Waals surface area contributed by atoms with E-state index in [0.717, 1.165) is 30.4 Å². The zero-order valence-corrected chi connectivity index (χ0v) is 28.1. The van der Waals surface area contributed by atoms with Gasteiger partial charge in [0, 0.05) is 24.2 Å². The molecular weight excluding hydrogens is 600 g/mol. The number of amides is 2. The highest BCUT2D eigenvalue weighted by molar-refractivity contribution is 5.96. The van der Waals surface area contributed by atoms with Crippen LogP contribution in [0.5, 0.6) is 11.5 Å². The Labute approximate surface area is 277 Å². The summed E-state index contributed by atoms with van der Waals surface area (Å²) in [5, 5.41) is 34.2. The first-order chi connectivity index (χ1) is 22.6. The van der Waals surface area contributed by atoms with Gasteiger partial charge in [-0.25, -0.2) is 0 Å². The zero-order valence-electron chi connectivity index (χ0n) is 28.1. The highest BCUT2D eigenvalue weighted by atomic mass is 16.5. The minimum absolute atomic E-state index is 0.0329. The number of ether oxygens (including phenoxy) is 3. The van der Waals surface area contributed by atoms with Gasteiger partial charge in [0.25, 0.3) is 0 Å². The van der Waals surface area contributed by atoms with Gasteiger partial charge in [0.15, 0.2) is 11.5 Å². The number of nitrogens with one attached hydrogen (secondary N) is 1. The van der Waals surface area contributed by atoms with Gasteiger partial charge in [-0.3, -0.25) is 9.59 Å². The Hall–Kier alpha value is -3.44. The number of benzene rings is 2. The zero-order chi connectivity index (χ0) is 33.8. The van der Waals surface area contributed by atoms with Crippen LogP contribution in [0.25, 0.3) is 0 Å². The fraction of sp³-hybridized carbons (Fsp3) is 0.568. The normalized spacial score (nSPS) is 26.6. The average molecular weight is 651 g/mol. The van der Waals surface area contributed by atoms with Crippen molar-refractivity contribution in [3.8, 4) is 11.5 Å². The lowest BCUT2D eigenvalue weighted by molar-refractivity contribution is -0.148. The first kappa shape index (κ1) is 34.9. The molecule has 7 unspecified atom stereocenters. The van der Waals surface area contributed by atoms with E-state index in [0.29, 0.717) is 46.0 Å². The van der Waals surface area contributed by atoms with Crippen LogP contribution in [0.15, 0.2) is 48.0 Å². The average Bonchev–Trinajstić information content (AvgIpc) is 3.45. The molecule has 1 fully saturated rings. The molecule has 4 N–H and O–H groups in total. The molecule has 256 valence electrons. The number of carbonyl (C=O) groups excluding carboxylic acids is 2. The number of fused-ring (bicyclic) bond motifs is 3. The minimum atomic E-state index is -1.21. The van der Waals surface area contributed by atoms with Crippen LogP contribution < -0.4 is 14.8 Å². The van der Waals surface area contributed by atoms with Crippen LogP contribution in [0.3, 0.4) is 0 Å². The van der Waals surface area contributed by atoms with Crippen LogP contribution >= 0.6 is 0 Å². The summed E-state index contributed by atoms with van der Waals surface area (Å²) in [4.78, 5) is 29.5. The molecule has 0 radical (unpaired) electrons. The molecule has 2 aromatic carbocycles. The number of carbonyl (C=O) groups is 2. The van der Waals surface area contributed by atoms with Crippen molar-refractivity contribution in [3.05, 3.63) is 70.3 Å². The van der Waals surface area contributed by atoms with Gasteiger partial charge >= 0.3 is 0 Å². The third-order valence-corrected chi connectivity index (χ3v) is 10.0. The number of rotatable bonds is 12. The van der Waals surface area contributed by atoms with Crippen molar-refractivity contribution in [2.45, 2.75) is 90.4 Å². The van der Waals surface area contributed by atoms with Crippen LogP contribution in [-0.2, 0) is 27.5 Å². The number of methoxy groups -OCH3 is 1. The molecule has 2 aromatic rings. The molecule has 7 atom stereocenters. The quantitative estimate of drug-likeness (QED) is 0.274. The molecule has 1 heterocycles. The lowest BCUT2D eigenvalue weighted by Gasteiger charge is -2.41. The molecule has 1 saturated carbocycles. The van der Waals surface area contributed by atoms with E-state index >= 15 is 0 Å². The van der Waals surface area contributed by atoms with Crippen LogP contribution in [-0.4, -0.2) is 83.3 Å². The van der Waals surface area contributed by atoms with Gasteiger partial charge in [0.2, 0.25) is 11.8 Å². The second kappa shape index (κ2) is 15.2. The third-order valence-electron chi connectivity index (χ3n) is 10.0. The van der Waals surface area contributed by atoms with Gasteiger partial charge in [-0.2, -0.15) is 0 Å². The fourth-order valence-electron chi connectivity index (χ4n) is 7.44. The Morgan fingerprint density at radius 1 is 1.11 bits per heavy atom. The monoisotopic (exact) mass is 650 g/mol. The van der Waals surface area contributed by atoms with Gasteiger partial charge < -0.3 is 39.7 Å². The van der Waals surface area contributed by atoms with Gasteiger partial charge in [0.05, 0.1) is 38.4 Å². The lowest BCUT2D eigenvalue weighted by atomic mass is 9.75. The Balaban J connectivity index is 1.52. The van der Waals surface area contributed by atoms with Crippen molar-refractivity contribution in [2.75, 3.05) is 26.9 Å². The predicted molar refractivity (Wildman–Crippen MR) is 177 cm³/mol. The molecule has 3 aliphatic rings. The molecule has 0 saturated heterocycles. The van der Waals surface area contributed by atoms with Gasteiger partial charge in [-0.05, 0) is 66.9 Å². The second-order valence-electron chi connectivity index (χ2n) is 13.7. The fourth-order valence-corrected chi connectivity index (χ4v) is 7.44. The van der Waals surface area contributed by atoms with Gasteiger partial charge in [-0.1, -0.05) is 57.0 Å². The van der Waals surface area contributed by atoms with Crippen molar-refractivity contribution in [1.29, 1.82) is 0 Å². The molecule has 0 spiro atoms. The van der Waals surface area contributed by atoms with Gasteiger partial charge in [0.1, 0.15) is 18.8 Å². The number of aliphatic hydroxyl groups is 3. The molecule has 10 nitrogen and oxygen atoms in total. The summed E-state index contributed by atoms with van der Waals surface area (Å²) in [6.07, 6.45) is 2.58. The largest absolute Gasteiger partial charge is 0.493 e. The van der Waals surface area contributed by atoms with Crippen LogP contribution in [0, 0.1) is 24.7 Å². The summed E-state index contributed by atoms with van der Waals surface area (Å²) in [7, 11) is 1.49. The van der Waals surface area contributed by atoms with E-state index in [1.54, 1.807) is 23.1 Å². The SMILES string of the molecule is COc1cc(CO)cc2c1OC1C2C(C(=O)NCCO)=CC(N(Cc2ccc(C)cc2)C(=O)COC2CC(C)CCC2C(C)C)C1O. The van der Waals surface area contributed by atoms with E-state index in [4.69, 9.17) is 14.2 Å². The van der Waals surface area contributed by atoms with E-state index in [2.05, 4.69) is 26.1 Å². The summed E-state index contributed by atoms with van der Waals surface area (Å²) >= 11 is 0. The molecule has 2 aliphatic carbocycles.